The van der Waals surface area contributed by atoms with E-state index < -0.39 is 0 Å². The molecule has 1 aliphatic carbocycles. The van der Waals surface area contributed by atoms with Crippen molar-refractivity contribution in [2.45, 2.75) is 26.2 Å². The molecule has 0 amide bonds. The van der Waals surface area contributed by atoms with E-state index in [4.69, 9.17) is 20.4 Å². The van der Waals surface area contributed by atoms with Gasteiger partial charge in [0.2, 0.25) is 0 Å². The average molecular weight is 264 g/mol. The lowest BCUT2D eigenvalue weighted by Gasteiger charge is -2.17. The predicted molar refractivity (Wildman–Crippen MR) is 72.9 cm³/mol. The summed E-state index contributed by atoms with van der Waals surface area (Å²) in [6, 6.07) is 5.84. The van der Waals surface area contributed by atoms with Crippen molar-refractivity contribution in [3.05, 3.63) is 23.8 Å². The van der Waals surface area contributed by atoms with Crippen molar-refractivity contribution in [2.75, 3.05) is 13.7 Å². The maximum Gasteiger partial charge on any atom is 0.161 e. The molecule has 2 rings (SSSR count). The third-order valence-electron chi connectivity index (χ3n) is 3.49. The van der Waals surface area contributed by atoms with Crippen LogP contribution in [0.3, 0.4) is 0 Å². The van der Waals surface area contributed by atoms with Crippen LogP contribution in [0.25, 0.3) is 0 Å². The van der Waals surface area contributed by atoms with Gasteiger partial charge in [0, 0.05) is 11.8 Å². The van der Waals surface area contributed by atoms with E-state index >= 15 is 0 Å². The molecule has 0 saturated heterocycles. The average Bonchev–Trinajstić information content (AvgIpc) is 3.17. The monoisotopic (exact) mass is 264 g/mol. The first kappa shape index (κ1) is 13.5. The van der Waals surface area contributed by atoms with Gasteiger partial charge in [0.25, 0.3) is 0 Å². The highest BCUT2D eigenvalue weighted by Crippen LogP contribution is 2.49. The third-order valence-corrected chi connectivity index (χ3v) is 3.49. The van der Waals surface area contributed by atoms with Crippen molar-refractivity contribution in [2.24, 2.45) is 16.3 Å². The highest BCUT2D eigenvalue weighted by atomic mass is 16.5. The van der Waals surface area contributed by atoms with Crippen molar-refractivity contribution in [1.82, 2.24) is 0 Å². The third kappa shape index (κ3) is 3.30. The molecule has 0 atom stereocenters. The smallest absolute Gasteiger partial charge is 0.161 e. The molecule has 0 unspecified atom stereocenters. The largest absolute Gasteiger partial charge is 0.493 e. The lowest BCUT2D eigenvalue weighted by Crippen LogP contribution is -2.22. The van der Waals surface area contributed by atoms with Gasteiger partial charge in [-0.25, -0.2) is 0 Å². The molecule has 19 heavy (non-hydrogen) atoms. The molecule has 5 heteroatoms. The molecule has 1 fully saturated rings. The van der Waals surface area contributed by atoms with Crippen LogP contribution < -0.4 is 15.2 Å². The Morgan fingerprint density at radius 2 is 2.16 bits per heavy atom. The van der Waals surface area contributed by atoms with Crippen LogP contribution in [0, 0.1) is 12.3 Å². The Kier molecular flexibility index (Phi) is 3.83. The van der Waals surface area contributed by atoms with Crippen molar-refractivity contribution in [1.29, 1.82) is 0 Å². The number of amidine groups is 1. The van der Waals surface area contributed by atoms with Crippen LogP contribution in [-0.4, -0.2) is 24.8 Å². The summed E-state index contributed by atoms with van der Waals surface area (Å²) in [7, 11) is 1.63. The Hall–Kier alpha value is -1.91. The molecule has 104 valence electrons. The summed E-state index contributed by atoms with van der Waals surface area (Å²) in [5.74, 6) is 1.73. The number of hydrogen-bond acceptors (Lipinski definition) is 4. The quantitative estimate of drug-likeness (QED) is 0.358. The van der Waals surface area contributed by atoms with Crippen LogP contribution in [0.5, 0.6) is 11.5 Å². The van der Waals surface area contributed by atoms with E-state index in [1.807, 2.05) is 25.1 Å². The van der Waals surface area contributed by atoms with Gasteiger partial charge in [-0.15, -0.1) is 0 Å². The summed E-state index contributed by atoms with van der Waals surface area (Å²) in [4.78, 5) is 0. The second-order valence-corrected chi connectivity index (χ2v) is 5.21. The molecule has 1 aliphatic rings. The summed E-state index contributed by atoms with van der Waals surface area (Å²) in [5.41, 5.74) is 6.71. The zero-order chi connectivity index (χ0) is 13.9. The van der Waals surface area contributed by atoms with Crippen LogP contribution >= 0.6 is 0 Å². The Morgan fingerprint density at radius 3 is 2.74 bits per heavy atom. The number of nitrogens with zero attached hydrogens (tertiary/aromatic N) is 1. The fourth-order valence-corrected chi connectivity index (χ4v) is 2.09. The van der Waals surface area contributed by atoms with Crippen LogP contribution in [0.15, 0.2) is 23.4 Å². The van der Waals surface area contributed by atoms with Gasteiger partial charge >= 0.3 is 0 Å². The van der Waals surface area contributed by atoms with Crippen LogP contribution in [0.2, 0.25) is 0 Å². The molecule has 1 aromatic carbocycles. The van der Waals surface area contributed by atoms with Crippen LogP contribution in [0.1, 0.15) is 24.8 Å². The van der Waals surface area contributed by atoms with E-state index in [1.54, 1.807) is 7.11 Å². The molecule has 0 radical (unpaired) electrons. The van der Waals surface area contributed by atoms with Crippen molar-refractivity contribution in [3.63, 3.8) is 0 Å². The number of methoxy groups -OCH3 is 1. The number of oxime groups is 1. The second-order valence-electron chi connectivity index (χ2n) is 5.21. The number of aryl methyl sites for hydroxylation is 1. The summed E-state index contributed by atoms with van der Waals surface area (Å²) in [6.07, 6.45) is 2.65. The normalized spacial score (nSPS) is 17.1. The van der Waals surface area contributed by atoms with Crippen LogP contribution in [0.4, 0.5) is 0 Å². The fraction of sp³-hybridized carbons (Fsp3) is 0.500. The molecule has 1 aromatic rings. The van der Waals surface area contributed by atoms with E-state index in [2.05, 4.69) is 5.16 Å². The Balaban J connectivity index is 1.99. The number of nitrogens with two attached hydrogens (primary N) is 1. The summed E-state index contributed by atoms with van der Waals surface area (Å²) in [5, 5.41) is 11.7. The highest BCUT2D eigenvalue weighted by Gasteiger charge is 2.44. The SMILES string of the molecule is COc1cc(C)ccc1OCC1(CC(N)=NO)CC1. The minimum absolute atomic E-state index is 0.0201. The molecule has 0 spiro atoms. The van der Waals surface area contributed by atoms with Crippen LogP contribution in [-0.2, 0) is 0 Å². The number of ether oxygens (including phenoxy) is 2. The van der Waals surface area contributed by atoms with Gasteiger partial charge in [-0.1, -0.05) is 11.2 Å². The molecule has 0 aliphatic heterocycles. The van der Waals surface area contributed by atoms with Gasteiger partial charge in [-0.3, -0.25) is 0 Å². The molecule has 0 heterocycles. The van der Waals surface area contributed by atoms with Crippen molar-refractivity contribution in [3.8, 4) is 11.5 Å². The summed E-state index contributed by atoms with van der Waals surface area (Å²) in [6.45, 7) is 2.57. The van der Waals surface area contributed by atoms with E-state index in [9.17, 15) is 0 Å². The first-order valence-electron chi connectivity index (χ1n) is 6.32. The number of rotatable bonds is 6. The van der Waals surface area contributed by atoms with E-state index in [1.165, 1.54) is 0 Å². The second kappa shape index (κ2) is 5.38. The maximum absolute atomic E-state index is 8.63. The first-order chi connectivity index (χ1) is 9.08. The van der Waals surface area contributed by atoms with E-state index in [0.29, 0.717) is 13.0 Å². The van der Waals surface area contributed by atoms with Gasteiger partial charge in [0.1, 0.15) is 5.84 Å². The summed E-state index contributed by atoms with van der Waals surface area (Å²) < 4.78 is 11.1. The van der Waals surface area contributed by atoms with Gasteiger partial charge in [0.05, 0.1) is 13.7 Å². The van der Waals surface area contributed by atoms with Crippen molar-refractivity contribution >= 4 is 5.84 Å². The molecular formula is C14H20N2O3. The Labute approximate surface area is 113 Å². The van der Waals surface area contributed by atoms with E-state index in [0.717, 1.165) is 29.9 Å². The minimum atomic E-state index is 0.0201. The Bertz CT molecular complexity index is 482. The molecule has 0 bridgehead atoms. The molecule has 5 nitrogen and oxygen atoms in total. The van der Waals surface area contributed by atoms with Crippen molar-refractivity contribution < 1.29 is 14.7 Å². The molecule has 0 aromatic heterocycles. The minimum Gasteiger partial charge on any atom is -0.493 e. The lowest BCUT2D eigenvalue weighted by molar-refractivity contribution is 0.226. The number of hydrogen-bond donors (Lipinski definition) is 2. The fourth-order valence-electron chi connectivity index (χ4n) is 2.09. The maximum atomic E-state index is 8.63. The highest BCUT2D eigenvalue weighted by molar-refractivity contribution is 5.80. The first-order valence-corrected chi connectivity index (χ1v) is 6.32. The lowest BCUT2D eigenvalue weighted by atomic mass is 10.0. The molecular weight excluding hydrogens is 244 g/mol. The topological polar surface area (TPSA) is 77.1 Å². The Morgan fingerprint density at radius 1 is 1.42 bits per heavy atom. The standard InChI is InChI=1S/C14H20N2O3/c1-10-3-4-11(12(7-10)18-2)19-9-14(5-6-14)8-13(15)16-17/h3-4,7,17H,5-6,8-9H2,1-2H3,(H2,15,16). The van der Waals surface area contributed by atoms with Gasteiger partial charge in [0.15, 0.2) is 11.5 Å². The van der Waals surface area contributed by atoms with Gasteiger partial charge in [-0.2, -0.15) is 0 Å². The zero-order valence-corrected chi connectivity index (χ0v) is 11.3. The molecule has 3 N–H and O–H groups in total. The van der Waals surface area contributed by atoms with Gasteiger partial charge < -0.3 is 20.4 Å². The zero-order valence-electron chi connectivity index (χ0n) is 11.3. The van der Waals surface area contributed by atoms with E-state index in [-0.39, 0.29) is 11.3 Å². The predicted octanol–water partition coefficient (Wildman–Crippen LogP) is 2.30. The van der Waals surface area contributed by atoms with Gasteiger partial charge in [-0.05, 0) is 37.5 Å². The molecule has 1 saturated carbocycles. The number of benzene rings is 1. The summed E-state index contributed by atoms with van der Waals surface area (Å²) >= 11 is 0.